The van der Waals surface area contributed by atoms with E-state index in [0.717, 1.165) is 6.61 Å². The van der Waals surface area contributed by atoms with Crippen LogP contribution in [0.5, 0.6) is 0 Å². The highest BCUT2D eigenvalue weighted by Gasteiger charge is 2.13. The lowest BCUT2D eigenvalue weighted by molar-refractivity contribution is -0.0319. The van der Waals surface area contributed by atoms with Crippen LogP contribution in [0.3, 0.4) is 0 Å². The van der Waals surface area contributed by atoms with E-state index in [1.807, 2.05) is 6.92 Å². The average molecular weight is 273 g/mol. The molecule has 0 heterocycles. The van der Waals surface area contributed by atoms with Gasteiger partial charge >= 0.3 is 0 Å². The zero-order chi connectivity index (χ0) is 13.9. The Morgan fingerprint density at radius 3 is 2.32 bits per heavy atom. The van der Waals surface area contributed by atoms with E-state index < -0.39 is 6.10 Å². The summed E-state index contributed by atoms with van der Waals surface area (Å²) in [6, 6.07) is 0. The van der Waals surface area contributed by atoms with Crippen LogP contribution in [0, 0.1) is 11.8 Å². The third-order valence-electron chi connectivity index (χ3n) is 3.75. The Balaban J connectivity index is 1.98. The first-order chi connectivity index (χ1) is 9.22. The average Bonchev–Trinajstić information content (AvgIpc) is 2.67. The Bertz CT molecular complexity index is 206. The van der Waals surface area contributed by atoms with Gasteiger partial charge in [-0.2, -0.15) is 0 Å². The first kappa shape index (κ1) is 16.9. The molecule has 4 nitrogen and oxygen atoms in total. The molecule has 0 radical (unpaired) electrons. The van der Waals surface area contributed by atoms with Crippen molar-refractivity contribution in [1.29, 1.82) is 0 Å². The molecular formula is C15H31NO3. The van der Waals surface area contributed by atoms with Crippen LogP contribution in [-0.4, -0.2) is 44.2 Å². The van der Waals surface area contributed by atoms with Crippen molar-refractivity contribution in [2.45, 2.75) is 51.6 Å². The molecule has 0 bridgehead atoms. The van der Waals surface area contributed by atoms with Gasteiger partial charge in [0, 0.05) is 6.61 Å². The van der Waals surface area contributed by atoms with Crippen LogP contribution in [0.15, 0.2) is 0 Å². The molecule has 2 atom stereocenters. The first-order valence-electron chi connectivity index (χ1n) is 7.76. The fourth-order valence-electron chi connectivity index (χ4n) is 2.42. The molecule has 0 saturated heterocycles. The van der Waals surface area contributed by atoms with Crippen LogP contribution in [0.25, 0.3) is 0 Å². The van der Waals surface area contributed by atoms with E-state index in [4.69, 9.17) is 15.2 Å². The fraction of sp³-hybridized carbons (Fsp3) is 1.00. The monoisotopic (exact) mass is 273 g/mol. The van der Waals surface area contributed by atoms with Gasteiger partial charge in [-0.1, -0.05) is 32.6 Å². The number of nitrogens with two attached hydrogens (primary N) is 1. The van der Waals surface area contributed by atoms with Gasteiger partial charge in [0.05, 0.1) is 19.8 Å². The molecule has 0 spiro atoms. The summed E-state index contributed by atoms with van der Waals surface area (Å²) in [5.41, 5.74) is 5.50. The highest BCUT2D eigenvalue weighted by atomic mass is 16.5. The van der Waals surface area contributed by atoms with E-state index in [-0.39, 0.29) is 0 Å². The SMILES string of the molecule is CC(CN)COCC(O)COCC1CCCCCC1. The van der Waals surface area contributed by atoms with E-state index in [9.17, 15) is 5.11 Å². The van der Waals surface area contributed by atoms with Crippen molar-refractivity contribution in [3.05, 3.63) is 0 Å². The van der Waals surface area contributed by atoms with Crippen molar-refractivity contribution < 1.29 is 14.6 Å². The van der Waals surface area contributed by atoms with Crippen molar-refractivity contribution in [1.82, 2.24) is 0 Å². The summed E-state index contributed by atoms with van der Waals surface area (Å²) in [4.78, 5) is 0. The quantitative estimate of drug-likeness (QED) is 0.630. The molecule has 1 rings (SSSR count). The number of ether oxygens (including phenoxy) is 2. The number of rotatable bonds is 9. The zero-order valence-electron chi connectivity index (χ0n) is 12.4. The lowest BCUT2D eigenvalue weighted by Crippen LogP contribution is -2.26. The molecule has 4 heteroatoms. The maximum atomic E-state index is 9.74. The Morgan fingerprint density at radius 2 is 1.68 bits per heavy atom. The van der Waals surface area contributed by atoms with Gasteiger partial charge in [0.25, 0.3) is 0 Å². The number of aliphatic hydroxyl groups is 1. The van der Waals surface area contributed by atoms with Crippen molar-refractivity contribution >= 4 is 0 Å². The van der Waals surface area contributed by atoms with Crippen molar-refractivity contribution in [2.24, 2.45) is 17.6 Å². The predicted molar refractivity (Wildman–Crippen MR) is 77.1 cm³/mol. The summed E-state index contributed by atoms with van der Waals surface area (Å²) in [6.07, 6.45) is 7.43. The second-order valence-corrected chi connectivity index (χ2v) is 5.93. The Morgan fingerprint density at radius 1 is 1.05 bits per heavy atom. The smallest absolute Gasteiger partial charge is 0.101 e. The summed E-state index contributed by atoms with van der Waals surface area (Å²) in [5, 5.41) is 9.74. The topological polar surface area (TPSA) is 64.7 Å². The van der Waals surface area contributed by atoms with Gasteiger partial charge in [-0.25, -0.2) is 0 Å². The highest BCUT2D eigenvalue weighted by molar-refractivity contribution is 4.64. The van der Waals surface area contributed by atoms with Gasteiger partial charge in [0.1, 0.15) is 6.10 Å². The van der Waals surface area contributed by atoms with E-state index in [1.165, 1.54) is 38.5 Å². The van der Waals surface area contributed by atoms with Crippen molar-refractivity contribution in [3.63, 3.8) is 0 Å². The standard InChI is InChI=1S/C15H31NO3/c1-13(8-16)9-18-11-15(17)12-19-10-14-6-4-2-3-5-7-14/h13-15,17H,2-12,16H2,1H3. The lowest BCUT2D eigenvalue weighted by Gasteiger charge is -2.17. The first-order valence-corrected chi connectivity index (χ1v) is 7.76. The van der Waals surface area contributed by atoms with Gasteiger partial charge in [-0.3, -0.25) is 0 Å². The van der Waals surface area contributed by atoms with Crippen LogP contribution >= 0.6 is 0 Å². The largest absolute Gasteiger partial charge is 0.388 e. The van der Waals surface area contributed by atoms with Gasteiger partial charge in [0.15, 0.2) is 0 Å². The molecule has 19 heavy (non-hydrogen) atoms. The Kier molecular flexibility index (Phi) is 9.43. The summed E-state index contributed by atoms with van der Waals surface area (Å²) in [6.45, 7) is 4.78. The Hall–Kier alpha value is -0.160. The minimum Gasteiger partial charge on any atom is -0.388 e. The molecule has 1 aliphatic rings. The van der Waals surface area contributed by atoms with Crippen LogP contribution < -0.4 is 5.73 Å². The van der Waals surface area contributed by atoms with Gasteiger partial charge in [-0.15, -0.1) is 0 Å². The van der Waals surface area contributed by atoms with Crippen LogP contribution in [0.2, 0.25) is 0 Å². The minimum absolute atomic E-state index is 0.342. The number of hydrogen-bond acceptors (Lipinski definition) is 4. The fourth-order valence-corrected chi connectivity index (χ4v) is 2.42. The molecule has 0 amide bonds. The van der Waals surface area contributed by atoms with E-state index in [2.05, 4.69) is 0 Å². The maximum absolute atomic E-state index is 9.74. The summed E-state index contributed by atoms with van der Waals surface area (Å²) in [7, 11) is 0. The van der Waals surface area contributed by atoms with Crippen LogP contribution in [-0.2, 0) is 9.47 Å². The van der Waals surface area contributed by atoms with Crippen LogP contribution in [0.4, 0.5) is 0 Å². The van der Waals surface area contributed by atoms with E-state index in [1.54, 1.807) is 0 Å². The minimum atomic E-state index is -0.518. The maximum Gasteiger partial charge on any atom is 0.101 e. The summed E-state index contributed by atoms with van der Waals surface area (Å²) >= 11 is 0. The molecule has 3 N–H and O–H groups in total. The second kappa shape index (κ2) is 10.6. The highest BCUT2D eigenvalue weighted by Crippen LogP contribution is 2.22. The van der Waals surface area contributed by atoms with E-state index in [0.29, 0.717) is 38.2 Å². The molecular weight excluding hydrogens is 242 g/mol. The normalized spacial score (nSPS) is 21.0. The van der Waals surface area contributed by atoms with Gasteiger partial charge < -0.3 is 20.3 Å². The molecule has 114 valence electrons. The number of aliphatic hydroxyl groups excluding tert-OH is 1. The number of hydrogen-bond donors (Lipinski definition) is 2. The molecule has 1 saturated carbocycles. The molecule has 2 unspecified atom stereocenters. The molecule has 0 aromatic rings. The third-order valence-corrected chi connectivity index (χ3v) is 3.75. The predicted octanol–water partition coefficient (Wildman–Crippen LogP) is 1.95. The van der Waals surface area contributed by atoms with Crippen LogP contribution in [0.1, 0.15) is 45.4 Å². The zero-order valence-corrected chi connectivity index (χ0v) is 12.4. The Labute approximate surface area is 117 Å². The van der Waals surface area contributed by atoms with Crippen molar-refractivity contribution in [3.8, 4) is 0 Å². The third kappa shape index (κ3) is 8.58. The summed E-state index contributed by atoms with van der Waals surface area (Å²) < 4.78 is 11.0. The molecule has 0 aliphatic heterocycles. The van der Waals surface area contributed by atoms with Gasteiger partial charge in [-0.05, 0) is 31.2 Å². The molecule has 0 aromatic heterocycles. The van der Waals surface area contributed by atoms with Gasteiger partial charge in [0.2, 0.25) is 0 Å². The molecule has 1 aliphatic carbocycles. The molecule has 0 aromatic carbocycles. The molecule has 1 fully saturated rings. The van der Waals surface area contributed by atoms with E-state index >= 15 is 0 Å². The summed E-state index contributed by atoms with van der Waals surface area (Å²) in [5.74, 6) is 1.03. The van der Waals surface area contributed by atoms with Crippen molar-refractivity contribution in [2.75, 3.05) is 33.0 Å². The second-order valence-electron chi connectivity index (χ2n) is 5.93. The lowest BCUT2D eigenvalue weighted by atomic mass is 10.0.